The van der Waals surface area contributed by atoms with Crippen LogP contribution in [0.15, 0.2) is 146 Å². The Balaban J connectivity index is 5.51. The zero-order valence-corrected chi connectivity index (χ0v) is 66.7. The molecule has 0 bridgehead atoms. The van der Waals surface area contributed by atoms with E-state index >= 15 is 0 Å². The highest BCUT2D eigenvalue weighted by Crippen LogP contribution is 2.45. The Morgan fingerprint density at radius 3 is 0.760 bits per heavy atom. The SMILES string of the molecule is CCCCC/C=C\C/C=C\C/C=C\C/C=C\CCCC(=O)OC[C@H](COP(=O)(O)OC[C@H](O)COP(=O)(O)OC[C@@H](COC(=O)CCC/C=C\C/C=C\C/C=C\C/C=C\CCCCC)OC(=O)CCCCCCCCCCCCCCC)OC(=O)CCC/C=C\C/C=C\C/C=C\C/C=C\CCCCC. The predicted molar refractivity (Wildman–Crippen MR) is 427 cm³/mol. The van der Waals surface area contributed by atoms with Crippen molar-refractivity contribution >= 4 is 39.5 Å². The lowest BCUT2D eigenvalue weighted by molar-refractivity contribution is -0.161. The van der Waals surface area contributed by atoms with Gasteiger partial charge in [-0.1, -0.05) is 289 Å². The molecule has 0 heterocycles. The Morgan fingerprint density at radius 2 is 0.481 bits per heavy atom. The molecule has 0 radical (unpaired) electrons. The van der Waals surface area contributed by atoms with Gasteiger partial charge in [0.15, 0.2) is 12.2 Å². The fourth-order valence-electron chi connectivity index (χ4n) is 10.1. The van der Waals surface area contributed by atoms with Crippen LogP contribution in [0.5, 0.6) is 0 Å². The van der Waals surface area contributed by atoms with Crippen LogP contribution in [-0.2, 0) is 65.4 Å². The Kier molecular flexibility index (Phi) is 72.4. The average Bonchev–Trinajstić information content (AvgIpc) is 0.910. The van der Waals surface area contributed by atoms with Crippen molar-refractivity contribution in [1.82, 2.24) is 0 Å². The van der Waals surface area contributed by atoms with Crippen LogP contribution in [0.3, 0.4) is 0 Å². The highest BCUT2D eigenvalue weighted by Gasteiger charge is 2.30. The molecule has 2 unspecified atom stereocenters. The predicted octanol–water partition coefficient (Wildman–Crippen LogP) is 23.4. The summed E-state index contributed by atoms with van der Waals surface area (Å²) >= 11 is 0. The van der Waals surface area contributed by atoms with Crippen LogP contribution in [0.2, 0.25) is 0 Å². The summed E-state index contributed by atoms with van der Waals surface area (Å²) in [5, 5.41) is 10.6. The van der Waals surface area contributed by atoms with E-state index in [9.17, 15) is 43.2 Å². The van der Waals surface area contributed by atoms with Gasteiger partial charge < -0.3 is 33.8 Å². The first-order valence-electron chi connectivity index (χ1n) is 40.1. The minimum absolute atomic E-state index is 0.00250. The van der Waals surface area contributed by atoms with Crippen molar-refractivity contribution in [1.29, 1.82) is 0 Å². The third kappa shape index (κ3) is 75.2. The van der Waals surface area contributed by atoms with Gasteiger partial charge in [0, 0.05) is 25.7 Å². The Labute approximate surface area is 630 Å². The van der Waals surface area contributed by atoms with E-state index in [1.165, 1.54) is 109 Å². The van der Waals surface area contributed by atoms with Crippen molar-refractivity contribution in [2.75, 3.05) is 39.6 Å². The van der Waals surface area contributed by atoms with Gasteiger partial charge >= 0.3 is 39.5 Å². The Hall–Kier alpha value is -5.06. The third-order valence-corrected chi connectivity index (χ3v) is 18.2. The summed E-state index contributed by atoms with van der Waals surface area (Å²) in [5.41, 5.74) is 0. The van der Waals surface area contributed by atoms with Gasteiger partial charge in [-0.2, -0.15) is 0 Å². The zero-order valence-electron chi connectivity index (χ0n) is 64.9. The molecule has 0 spiro atoms. The minimum atomic E-state index is -5.01. The van der Waals surface area contributed by atoms with Gasteiger partial charge in [-0.15, -0.1) is 0 Å². The number of rotatable bonds is 74. The number of ether oxygens (including phenoxy) is 4. The second-order valence-electron chi connectivity index (χ2n) is 26.3. The van der Waals surface area contributed by atoms with E-state index in [4.69, 9.17) is 37.0 Å². The summed E-state index contributed by atoms with van der Waals surface area (Å²) in [4.78, 5) is 72.9. The van der Waals surface area contributed by atoms with E-state index in [0.717, 1.165) is 103 Å². The van der Waals surface area contributed by atoms with Crippen molar-refractivity contribution in [3.8, 4) is 0 Å². The smallest absolute Gasteiger partial charge is 0.462 e. The van der Waals surface area contributed by atoms with Gasteiger partial charge in [-0.3, -0.25) is 37.3 Å². The lowest BCUT2D eigenvalue weighted by Gasteiger charge is -2.21. The van der Waals surface area contributed by atoms with Gasteiger partial charge in [0.05, 0.1) is 26.4 Å². The van der Waals surface area contributed by atoms with Gasteiger partial charge in [0.1, 0.15) is 19.3 Å². The van der Waals surface area contributed by atoms with Crippen molar-refractivity contribution in [3.63, 3.8) is 0 Å². The molecule has 0 fully saturated rings. The standard InChI is InChI=1S/C85H142O17P2/c1-5-9-13-17-21-25-29-33-36-39-42-46-49-53-57-61-65-69-82(87)95-75-80(101-84(89)71-67-63-59-55-51-45-32-28-24-20-16-12-8-4)77-99-103(91,92)97-73-79(86)74-98-104(93,94)100-78-81(102-85(90)72-68-64-60-56-52-48-44-41-38-35-31-27-23-19-15-11-7-3)76-96-83(88)70-66-62-58-54-50-47-43-40-37-34-30-26-22-18-14-10-6-2/h21-23,25-27,33-38,42-44,46-48,53-54,56-58,60,79-81,86H,5-20,24,28-32,39-41,45,49-52,55,59,61-78H2,1-4H3,(H,91,92)(H,93,94)/b25-21-,26-22-,27-23-,36-33-,37-34-,38-35-,46-42-,47-43-,48-44-,57-53-,58-54-,60-56-/t79-,80-,81-/m1/s1. The number of hydrogen-bond donors (Lipinski definition) is 3. The van der Waals surface area contributed by atoms with E-state index in [1.807, 2.05) is 36.5 Å². The molecule has 0 aliphatic rings. The van der Waals surface area contributed by atoms with Crippen LogP contribution in [0.4, 0.5) is 0 Å². The molecule has 0 saturated heterocycles. The number of carbonyl (C=O) groups excluding carboxylic acids is 4. The summed E-state index contributed by atoms with van der Waals surface area (Å²) in [6, 6.07) is 0. The number of hydrogen-bond acceptors (Lipinski definition) is 15. The number of allylic oxidation sites excluding steroid dienone is 24. The number of phosphoric acid groups is 2. The minimum Gasteiger partial charge on any atom is -0.462 e. The monoisotopic (exact) mass is 1500 g/mol. The molecule has 0 amide bonds. The van der Waals surface area contributed by atoms with Crippen LogP contribution in [0, 0.1) is 0 Å². The molecule has 0 aromatic rings. The van der Waals surface area contributed by atoms with Gasteiger partial charge in [-0.25, -0.2) is 9.13 Å². The molecule has 3 N–H and O–H groups in total. The molecule has 0 aromatic heterocycles. The van der Waals surface area contributed by atoms with Crippen LogP contribution in [0.25, 0.3) is 0 Å². The summed E-state index contributed by atoms with van der Waals surface area (Å²) in [6.45, 7) is 4.60. The maximum Gasteiger partial charge on any atom is 0.472 e. The summed E-state index contributed by atoms with van der Waals surface area (Å²) in [5.74, 6) is -2.37. The van der Waals surface area contributed by atoms with Crippen LogP contribution in [-0.4, -0.2) is 96.7 Å². The largest absolute Gasteiger partial charge is 0.472 e. The molecule has 5 atom stereocenters. The maximum atomic E-state index is 13.1. The number of aliphatic hydroxyl groups excluding tert-OH is 1. The zero-order chi connectivity index (χ0) is 76.0. The molecule has 594 valence electrons. The third-order valence-electron chi connectivity index (χ3n) is 16.3. The Bertz CT molecular complexity index is 2540. The molecule has 0 aliphatic carbocycles. The molecule has 0 saturated carbocycles. The number of phosphoric ester groups is 2. The molecule has 104 heavy (non-hydrogen) atoms. The normalized spacial score (nSPS) is 14.6. The first-order chi connectivity index (χ1) is 50.7. The van der Waals surface area contributed by atoms with Crippen LogP contribution in [0.1, 0.15) is 310 Å². The van der Waals surface area contributed by atoms with Crippen molar-refractivity contribution in [2.45, 2.75) is 329 Å². The number of aliphatic hydroxyl groups is 1. The van der Waals surface area contributed by atoms with E-state index in [2.05, 4.69) is 137 Å². The van der Waals surface area contributed by atoms with E-state index in [1.54, 1.807) is 0 Å². The van der Waals surface area contributed by atoms with E-state index in [-0.39, 0.29) is 25.7 Å². The summed E-state index contributed by atoms with van der Waals surface area (Å²) in [7, 11) is -10.0. The van der Waals surface area contributed by atoms with E-state index < -0.39 is 97.5 Å². The van der Waals surface area contributed by atoms with Crippen LogP contribution >= 0.6 is 15.6 Å². The molecule has 0 aliphatic heterocycles. The van der Waals surface area contributed by atoms with Crippen molar-refractivity contribution in [3.05, 3.63) is 146 Å². The number of carbonyl (C=O) groups is 4. The first kappa shape index (κ1) is 98.9. The van der Waals surface area contributed by atoms with Gasteiger partial charge in [-0.05, 0) is 141 Å². The van der Waals surface area contributed by atoms with E-state index in [0.29, 0.717) is 44.9 Å². The summed E-state index contributed by atoms with van der Waals surface area (Å²) in [6.07, 6.45) is 87.1. The highest BCUT2D eigenvalue weighted by atomic mass is 31.2. The molecule has 0 aromatic carbocycles. The van der Waals surface area contributed by atoms with Crippen molar-refractivity contribution in [2.24, 2.45) is 0 Å². The topological polar surface area (TPSA) is 237 Å². The first-order valence-corrected chi connectivity index (χ1v) is 43.1. The highest BCUT2D eigenvalue weighted by molar-refractivity contribution is 7.47. The molecule has 17 nitrogen and oxygen atoms in total. The fraction of sp³-hybridized carbons (Fsp3) is 0.671. The quantitative estimate of drug-likeness (QED) is 0.0169. The molecular formula is C85H142O17P2. The second kappa shape index (κ2) is 76.1. The van der Waals surface area contributed by atoms with Crippen molar-refractivity contribution < 1.29 is 80.2 Å². The number of esters is 4. The lowest BCUT2D eigenvalue weighted by atomic mass is 10.0. The second-order valence-corrected chi connectivity index (χ2v) is 29.2. The molecule has 0 rings (SSSR count). The van der Waals surface area contributed by atoms with Gasteiger partial charge in [0.2, 0.25) is 0 Å². The molecular weight excluding hydrogens is 1350 g/mol. The lowest BCUT2D eigenvalue weighted by Crippen LogP contribution is -2.30. The Morgan fingerprint density at radius 1 is 0.269 bits per heavy atom. The number of unbranched alkanes of at least 4 members (excludes halogenated alkanes) is 24. The van der Waals surface area contributed by atoms with Crippen LogP contribution < -0.4 is 0 Å². The fourth-order valence-corrected chi connectivity index (χ4v) is 11.7. The average molecular weight is 1500 g/mol. The molecule has 19 heteroatoms. The van der Waals surface area contributed by atoms with Gasteiger partial charge in [0.25, 0.3) is 0 Å². The summed E-state index contributed by atoms with van der Waals surface area (Å²) < 4.78 is 68.4. The maximum absolute atomic E-state index is 13.1.